The molecule has 0 aromatic carbocycles. The molecule has 4 heteroatoms. The number of ether oxygens (including phenoxy) is 1. The fourth-order valence-electron chi connectivity index (χ4n) is 3.14. The first-order valence-electron chi connectivity index (χ1n) is 7.12. The summed E-state index contributed by atoms with van der Waals surface area (Å²) in [7, 11) is 0. The van der Waals surface area contributed by atoms with E-state index in [1.165, 1.54) is 25.7 Å². The third kappa shape index (κ3) is 3.69. The fraction of sp³-hybridized carbons (Fsp3) is 0.929. The molecule has 0 aromatic rings. The Morgan fingerprint density at radius 3 is 2.33 bits per heavy atom. The van der Waals surface area contributed by atoms with Crippen LogP contribution in [0.25, 0.3) is 0 Å². The predicted molar refractivity (Wildman–Crippen MR) is 67.3 cm³/mol. The minimum atomic E-state index is -0.787. The van der Waals surface area contributed by atoms with Gasteiger partial charge in [0.2, 0.25) is 0 Å². The fourth-order valence-corrected chi connectivity index (χ4v) is 3.14. The lowest BCUT2D eigenvalue weighted by molar-refractivity contribution is -0.146. The normalized spacial score (nSPS) is 33.7. The van der Waals surface area contributed by atoms with Crippen LogP contribution in [0.1, 0.15) is 51.4 Å². The molecule has 0 unspecified atom stereocenters. The van der Waals surface area contributed by atoms with Gasteiger partial charge < -0.3 is 14.9 Å². The van der Waals surface area contributed by atoms with Gasteiger partial charge in [0.1, 0.15) is 0 Å². The van der Waals surface area contributed by atoms with Crippen LogP contribution in [0.15, 0.2) is 0 Å². The van der Waals surface area contributed by atoms with Crippen molar-refractivity contribution in [2.75, 3.05) is 13.2 Å². The van der Waals surface area contributed by atoms with E-state index in [9.17, 15) is 9.90 Å². The lowest BCUT2D eigenvalue weighted by Gasteiger charge is -2.34. The number of aliphatic hydroxyl groups is 1. The Labute approximate surface area is 108 Å². The maximum absolute atomic E-state index is 10.8. The molecular weight excluding hydrogens is 232 g/mol. The highest BCUT2D eigenvalue weighted by Gasteiger charge is 2.36. The van der Waals surface area contributed by atoms with Crippen molar-refractivity contribution in [1.29, 1.82) is 0 Å². The molecule has 2 aliphatic carbocycles. The summed E-state index contributed by atoms with van der Waals surface area (Å²) in [5.41, 5.74) is -0.787. The molecule has 0 aliphatic heterocycles. The van der Waals surface area contributed by atoms with Crippen LogP contribution >= 0.6 is 0 Å². The highest BCUT2D eigenvalue weighted by Crippen LogP contribution is 2.33. The van der Waals surface area contributed by atoms with Gasteiger partial charge in [-0.05, 0) is 44.4 Å². The maximum atomic E-state index is 10.8. The molecule has 0 radical (unpaired) electrons. The topological polar surface area (TPSA) is 66.8 Å². The Kier molecular flexibility index (Phi) is 4.62. The van der Waals surface area contributed by atoms with E-state index in [1.54, 1.807) is 0 Å². The van der Waals surface area contributed by atoms with Crippen LogP contribution < -0.4 is 0 Å². The van der Waals surface area contributed by atoms with Gasteiger partial charge in [-0.3, -0.25) is 4.79 Å². The van der Waals surface area contributed by atoms with E-state index in [0.29, 0.717) is 38.2 Å². The lowest BCUT2D eigenvalue weighted by Crippen LogP contribution is -2.40. The SMILES string of the molecule is O=C(O)C1CCC(O)(COCC2CCCC2)CC1. The summed E-state index contributed by atoms with van der Waals surface area (Å²) in [6.07, 6.45) is 7.34. The molecule has 0 saturated heterocycles. The molecule has 104 valence electrons. The number of carboxylic acid groups (broad SMARTS) is 1. The molecule has 0 aromatic heterocycles. The smallest absolute Gasteiger partial charge is 0.306 e. The second-order valence-corrected chi connectivity index (χ2v) is 6.00. The molecule has 2 N–H and O–H groups in total. The van der Waals surface area contributed by atoms with Gasteiger partial charge in [-0.25, -0.2) is 0 Å². The molecule has 0 heterocycles. The van der Waals surface area contributed by atoms with E-state index >= 15 is 0 Å². The van der Waals surface area contributed by atoms with Crippen molar-refractivity contribution in [1.82, 2.24) is 0 Å². The quantitative estimate of drug-likeness (QED) is 0.791. The molecule has 0 atom stereocenters. The number of hydrogen-bond donors (Lipinski definition) is 2. The summed E-state index contributed by atoms with van der Waals surface area (Å²) in [5.74, 6) is -0.340. The van der Waals surface area contributed by atoms with Crippen LogP contribution in [-0.2, 0) is 9.53 Å². The lowest BCUT2D eigenvalue weighted by atomic mass is 9.79. The van der Waals surface area contributed by atoms with Gasteiger partial charge in [0, 0.05) is 6.61 Å². The van der Waals surface area contributed by atoms with E-state index < -0.39 is 11.6 Å². The van der Waals surface area contributed by atoms with Crippen molar-refractivity contribution in [3.8, 4) is 0 Å². The van der Waals surface area contributed by atoms with Crippen molar-refractivity contribution >= 4 is 5.97 Å². The minimum Gasteiger partial charge on any atom is -0.481 e. The summed E-state index contributed by atoms with van der Waals surface area (Å²) in [6, 6.07) is 0. The zero-order valence-electron chi connectivity index (χ0n) is 10.9. The molecule has 0 amide bonds. The van der Waals surface area contributed by atoms with Gasteiger partial charge in [-0.1, -0.05) is 12.8 Å². The average Bonchev–Trinajstić information content (AvgIpc) is 2.82. The third-order valence-corrected chi connectivity index (χ3v) is 4.46. The molecule has 2 fully saturated rings. The largest absolute Gasteiger partial charge is 0.481 e. The Bertz CT molecular complexity index is 276. The number of carboxylic acids is 1. The van der Waals surface area contributed by atoms with Crippen LogP contribution in [0.5, 0.6) is 0 Å². The van der Waals surface area contributed by atoms with Crippen LogP contribution in [-0.4, -0.2) is 35.0 Å². The van der Waals surface area contributed by atoms with Gasteiger partial charge in [-0.15, -0.1) is 0 Å². The second-order valence-electron chi connectivity index (χ2n) is 6.00. The van der Waals surface area contributed by atoms with Crippen LogP contribution in [0.4, 0.5) is 0 Å². The zero-order valence-corrected chi connectivity index (χ0v) is 10.9. The molecule has 18 heavy (non-hydrogen) atoms. The van der Waals surface area contributed by atoms with Gasteiger partial charge in [0.15, 0.2) is 0 Å². The number of hydrogen-bond acceptors (Lipinski definition) is 3. The van der Waals surface area contributed by atoms with E-state index in [4.69, 9.17) is 9.84 Å². The van der Waals surface area contributed by atoms with Crippen LogP contribution in [0, 0.1) is 11.8 Å². The summed E-state index contributed by atoms with van der Waals surface area (Å²) >= 11 is 0. The Hall–Kier alpha value is -0.610. The number of carbonyl (C=O) groups is 1. The van der Waals surface area contributed by atoms with Crippen LogP contribution in [0.3, 0.4) is 0 Å². The summed E-state index contributed by atoms with van der Waals surface area (Å²) < 4.78 is 5.66. The highest BCUT2D eigenvalue weighted by molar-refractivity contribution is 5.70. The Morgan fingerprint density at radius 1 is 1.17 bits per heavy atom. The van der Waals surface area contributed by atoms with Crippen molar-refractivity contribution in [3.05, 3.63) is 0 Å². The summed E-state index contributed by atoms with van der Waals surface area (Å²) in [6.45, 7) is 1.13. The van der Waals surface area contributed by atoms with Gasteiger partial charge >= 0.3 is 5.97 Å². The highest BCUT2D eigenvalue weighted by atomic mass is 16.5. The molecule has 2 aliphatic rings. The monoisotopic (exact) mass is 256 g/mol. The van der Waals surface area contributed by atoms with Crippen molar-refractivity contribution in [3.63, 3.8) is 0 Å². The standard InChI is InChI=1S/C14H24O4/c15-13(16)12-5-7-14(17,8-6-12)10-18-9-11-3-1-2-4-11/h11-12,17H,1-10H2,(H,15,16). The number of aliphatic carboxylic acids is 1. The molecule has 4 nitrogen and oxygen atoms in total. The minimum absolute atomic E-state index is 0.278. The Balaban J connectivity index is 1.67. The van der Waals surface area contributed by atoms with E-state index in [2.05, 4.69) is 0 Å². The number of rotatable bonds is 5. The van der Waals surface area contributed by atoms with E-state index in [0.717, 1.165) is 6.61 Å². The predicted octanol–water partition coefficient (Wildman–Crippen LogP) is 2.20. The maximum Gasteiger partial charge on any atom is 0.306 e. The van der Waals surface area contributed by atoms with Gasteiger partial charge in [0.05, 0.1) is 18.1 Å². The zero-order chi connectivity index (χ0) is 13.0. The van der Waals surface area contributed by atoms with E-state index in [1.807, 2.05) is 0 Å². The molecule has 0 spiro atoms. The molecule has 0 bridgehead atoms. The van der Waals surface area contributed by atoms with Crippen molar-refractivity contribution in [2.45, 2.75) is 57.0 Å². The first-order chi connectivity index (χ1) is 8.59. The van der Waals surface area contributed by atoms with Crippen molar-refractivity contribution < 1.29 is 19.7 Å². The first-order valence-corrected chi connectivity index (χ1v) is 7.12. The molecule has 2 saturated carbocycles. The van der Waals surface area contributed by atoms with Crippen LogP contribution in [0.2, 0.25) is 0 Å². The Morgan fingerprint density at radius 2 is 1.78 bits per heavy atom. The first kappa shape index (κ1) is 13.8. The molecule has 2 rings (SSSR count). The average molecular weight is 256 g/mol. The van der Waals surface area contributed by atoms with Gasteiger partial charge in [-0.2, -0.15) is 0 Å². The molecular formula is C14H24O4. The summed E-state index contributed by atoms with van der Waals surface area (Å²) in [5, 5.41) is 19.2. The second kappa shape index (κ2) is 6.02. The summed E-state index contributed by atoms with van der Waals surface area (Å²) in [4.78, 5) is 10.8. The van der Waals surface area contributed by atoms with Gasteiger partial charge in [0.25, 0.3) is 0 Å². The van der Waals surface area contributed by atoms with Crippen molar-refractivity contribution in [2.24, 2.45) is 11.8 Å². The van der Waals surface area contributed by atoms with E-state index in [-0.39, 0.29) is 5.92 Å². The third-order valence-electron chi connectivity index (χ3n) is 4.46.